The average Bonchev–Trinajstić information content (AvgIpc) is 3.47. The summed E-state index contributed by atoms with van der Waals surface area (Å²) in [6, 6.07) is 9.44. The zero-order chi connectivity index (χ0) is 28.8. The standard InChI is InChI=1S/C29H27ClF2N2O6/c1-29(2,3)39-28(37)34-16-6-11-23(34)24(27(35)36)19(12-16)15-4-7-17(8-5-15)38-14-18-13-22(33-40-18)25-20(31)9-10-21(32)26(25)30/h4-5,7-10,12-13,16,23-24H,6,11,14H2,1-3H3,(H,35,36). The number of carbonyl (C=O) groups is 2. The Labute approximate surface area is 234 Å². The van der Waals surface area contributed by atoms with Gasteiger partial charge in [0.1, 0.15) is 41.2 Å². The van der Waals surface area contributed by atoms with Gasteiger partial charge in [-0.3, -0.25) is 9.69 Å². The first kappa shape index (κ1) is 27.6. The molecule has 0 spiro atoms. The first-order valence-corrected chi connectivity index (χ1v) is 13.1. The van der Waals surface area contributed by atoms with Crippen LogP contribution in [-0.2, 0) is 16.1 Å². The van der Waals surface area contributed by atoms with E-state index >= 15 is 0 Å². The van der Waals surface area contributed by atoms with E-state index in [1.54, 1.807) is 49.9 Å². The summed E-state index contributed by atoms with van der Waals surface area (Å²) in [6.45, 7) is 5.28. The molecule has 8 nitrogen and oxygen atoms in total. The van der Waals surface area contributed by atoms with Gasteiger partial charge in [-0.2, -0.15) is 0 Å². The van der Waals surface area contributed by atoms with Crippen LogP contribution in [0.3, 0.4) is 0 Å². The number of carboxylic acid groups (broad SMARTS) is 1. The van der Waals surface area contributed by atoms with Gasteiger partial charge in [0.15, 0.2) is 5.76 Å². The third kappa shape index (κ3) is 5.40. The van der Waals surface area contributed by atoms with Crippen LogP contribution in [0.25, 0.3) is 16.8 Å². The number of benzene rings is 2. The lowest BCUT2D eigenvalue weighted by Gasteiger charge is -2.38. The summed E-state index contributed by atoms with van der Waals surface area (Å²) in [5, 5.41) is 13.5. The Hall–Kier alpha value is -3.92. The minimum atomic E-state index is -1.01. The highest BCUT2D eigenvalue weighted by molar-refractivity contribution is 6.33. The van der Waals surface area contributed by atoms with E-state index in [4.69, 9.17) is 25.6 Å². The van der Waals surface area contributed by atoms with Crippen LogP contribution in [0.4, 0.5) is 13.6 Å². The summed E-state index contributed by atoms with van der Waals surface area (Å²) in [6.07, 6.45) is 2.55. The molecule has 1 saturated heterocycles. The summed E-state index contributed by atoms with van der Waals surface area (Å²) in [5.41, 5.74) is 0.494. The van der Waals surface area contributed by atoms with E-state index in [1.165, 1.54) is 6.07 Å². The van der Waals surface area contributed by atoms with Crippen LogP contribution in [0.2, 0.25) is 5.02 Å². The van der Waals surface area contributed by atoms with Crippen molar-refractivity contribution in [3.8, 4) is 17.0 Å². The second kappa shape index (κ2) is 10.6. The molecule has 1 amide bonds. The van der Waals surface area contributed by atoms with E-state index in [0.29, 0.717) is 29.7 Å². The van der Waals surface area contributed by atoms with Crippen molar-refractivity contribution in [3.05, 3.63) is 76.5 Å². The Morgan fingerprint density at radius 1 is 1.12 bits per heavy atom. The van der Waals surface area contributed by atoms with Crippen molar-refractivity contribution in [1.29, 1.82) is 0 Å². The highest BCUT2D eigenvalue weighted by Gasteiger charge is 2.49. The summed E-state index contributed by atoms with van der Waals surface area (Å²) in [4.78, 5) is 26.8. The monoisotopic (exact) mass is 572 g/mol. The second-order valence-electron chi connectivity index (χ2n) is 10.7. The van der Waals surface area contributed by atoms with Crippen molar-refractivity contribution in [1.82, 2.24) is 10.1 Å². The summed E-state index contributed by atoms with van der Waals surface area (Å²) >= 11 is 5.90. The van der Waals surface area contributed by atoms with E-state index in [0.717, 1.165) is 12.1 Å². The van der Waals surface area contributed by atoms with Crippen LogP contribution >= 0.6 is 11.6 Å². The maximum absolute atomic E-state index is 14.2. The Morgan fingerprint density at radius 2 is 1.82 bits per heavy atom. The molecule has 2 aliphatic rings. The van der Waals surface area contributed by atoms with Crippen molar-refractivity contribution in [2.75, 3.05) is 0 Å². The molecule has 2 bridgehead atoms. The zero-order valence-corrected chi connectivity index (χ0v) is 22.7. The lowest BCUT2D eigenvalue weighted by molar-refractivity contribution is -0.141. The Bertz CT molecular complexity index is 1480. The van der Waals surface area contributed by atoms with Gasteiger partial charge in [-0.05, 0) is 69.0 Å². The molecule has 40 heavy (non-hydrogen) atoms. The lowest BCUT2D eigenvalue weighted by Crippen LogP contribution is -2.50. The van der Waals surface area contributed by atoms with Crippen molar-refractivity contribution in [2.45, 2.75) is 57.9 Å². The molecular formula is C29H27ClF2N2O6. The summed E-state index contributed by atoms with van der Waals surface area (Å²) in [5.74, 6) is -2.69. The van der Waals surface area contributed by atoms with Crippen LogP contribution < -0.4 is 4.74 Å². The lowest BCUT2D eigenvalue weighted by atomic mass is 9.84. The van der Waals surface area contributed by atoms with Gasteiger partial charge in [0.2, 0.25) is 0 Å². The summed E-state index contributed by atoms with van der Waals surface area (Å²) in [7, 11) is 0. The van der Waals surface area contributed by atoms with Crippen molar-refractivity contribution in [2.24, 2.45) is 5.92 Å². The molecule has 3 unspecified atom stereocenters. The SMILES string of the molecule is CC(C)(C)OC(=O)N1C2C=C(c3ccc(OCc4cc(-c5c(F)ccc(F)c5Cl)no4)cc3)C(C(=O)O)C1CC2. The molecule has 1 aromatic heterocycles. The summed E-state index contributed by atoms with van der Waals surface area (Å²) < 4.78 is 44.5. The zero-order valence-electron chi connectivity index (χ0n) is 22.0. The van der Waals surface area contributed by atoms with Gasteiger partial charge in [0.05, 0.1) is 22.7 Å². The molecule has 3 atom stereocenters. The fraction of sp³-hybridized carbons (Fsp3) is 0.345. The number of rotatable bonds is 6. The van der Waals surface area contributed by atoms with Gasteiger partial charge in [0, 0.05) is 6.07 Å². The second-order valence-corrected chi connectivity index (χ2v) is 11.1. The third-order valence-electron chi connectivity index (χ3n) is 6.86. The number of carboxylic acids is 1. The van der Waals surface area contributed by atoms with Gasteiger partial charge in [-0.1, -0.05) is 35.0 Å². The van der Waals surface area contributed by atoms with Crippen molar-refractivity contribution >= 4 is 29.2 Å². The van der Waals surface area contributed by atoms with Gasteiger partial charge in [0.25, 0.3) is 0 Å². The number of aliphatic carboxylic acids is 1. The number of hydrogen-bond acceptors (Lipinski definition) is 6. The molecule has 210 valence electrons. The number of amides is 1. The normalized spacial score (nSPS) is 20.3. The minimum Gasteiger partial charge on any atom is -0.486 e. The van der Waals surface area contributed by atoms with Gasteiger partial charge in [-0.15, -0.1) is 0 Å². The largest absolute Gasteiger partial charge is 0.486 e. The minimum absolute atomic E-state index is 0.0370. The molecule has 0 saturated carbocycles. The highest BCUT2D eigenvalue weighted by atomic mass is 35.5. The predicted molar refractivity (Wildman–Crippen MR) is 142 cm³/mol. The van der Waals surface area contributed by atoms with E-state index in [-0.39, 0.29) is 29.7 Å². The van der Waals surface area contributed by atoms with Crippen LogP contribution in [0.1, 0.15) is 44.9 Å². The Kier molecular flexibility index (Phi) is 7.31. The molecule has 3 heterocycles. The number of aromatic nitrogens is 1. The molecule has 0 radical (unpaired) electrons. The fourth-order valence-electron chi connectivity index (χ4n) is 5.19. The van der Waals surface area contributed by atoms with E-state index in [9.17, 15) is 23.5 Å². The molecule has 2 aliphatic heterocycles. The molecule has 5 rings (SSSR count). The number of nitrogens with zero attached hydrogens (tertiary/aromatic N) is 2. The smallest absolute Gasteiger partial charge is 0.411 e. The first-order chi connectivity index (χ1) is 18.9. The average molecular weight is 573 g/mol. The Balaban J connectivity index is 1.30. The molecule has 11 heteroatoms. The number of halogens is 3. The van der Waals surface area contributed by atoms with Gasteiger partial charge < -0.3 is 19.1 Å². The van der Waals surface area contributed by atoms with Crippen molar-refractivity contribution < 1.29 is 37.5 Å². The van der Waals surface area contributed by atoms with Gasteiger partial charge >= 0.3 is 12.1 Å². The van der Waals surface area contributed by atoms with Crippen molar-refractivity contribution in [3.63, 3.8) is 0 Å². The van der Waals surface area contributed by atoms with Crippen LogP contribution in [0, 0.1) is 17.6 Å². The van der Waals surface area contributed by atoms with E-state index < -0.39 is 46.3 Å². The molecule has 0 aliphatic carbocycles. The fourth-order valence-corrected chi connectivity index (χ4v) is 5.44. The third-order valence-corrected chi connectivity index (χ3v) is 7.23. The molecular weight excluding hydrogens is 546 g/mol. The number of carbonyl (C=O) groups excluding carboxylic acids is 1. The predicted octanol–water partition coefficient (Wildman–Crippen LogP) is 6.72. The molecule has 2 aromatic carbocycles. The molecule has 1 fully saturated rings. The van der Waals surface area contributed by atoms with Crippen LogP contribution in [0.5, 0.6) is 5.75 Å². The Morgan fingerprint density at radius 3 is 2.50 bits per heavy atom. The number of fused-ring (bicyclic) bond motifs is 2. The number of hydrogen-bond donors (Lipinski definition) is 1. The molecule has 3 aromatic rings. The maximum Gasteiger partial charge on any atom is 0.411 e. The maximum atomic E-state index is 14.2. The quantitative estimate of drug-likeness (QED) is 0.327. The van der Waals surface area contributed by atoms with Crippen LogP contribution in [0.15, 0.2) is 53.1 Å². The van der Waals surface area contributed by atoms with E-state index in [1.807, 2.05) is 6.08 Å². The van der Waals surface area contributed by atoms with E-state index in [2.05, 4.69) is 5.16 Å². The van der Waals surface area contributed by atoms with Gasteiger partial charge in [-0.25, -0.2) is 13.6 Å². The van der Waals surface area contributed by atoms with Crippen LogP contribution in [-0.4, -0.2) is 44.9 Å². The first-order valence-electron chi connectivity index (χ1n) is 12.7. The molecule has 1 N–H and O–H groups in total. The topological polar surface area (TPSA) is 102 Å². The number of ether oxygens (including phenoxy) is 2. The highest BCUT2D eigenvalue weighted by Crippen LogP contribution is 2.44.